The molecule has 0 unspecified atom stereocenters. The van der Waals surface area contributed by atoms with E-state index in [4.69, 9.17) is 10.5 Å². The van der Waals surface area contributed by atoms with Crippen LogP contribution in [0.15, 0.2) is 30.3 Å². The Morgan fingerprint density at radius 3 is 2.60 bits per heavy atom. The number of ether oxygens (including phenoxy) is 1. The molecule has 0 spiro atoms. The number of nitrogens with two attached hydrogens (primary N) is 1. The Hall–Kier alpha value is -2.10. The van der Waals surface area contributed by atoms with Crippen LogP contribution in [0.25, 0.3) is 11.1 Å². The summed E-state index contributed by atoms with van der Waals surface area (Å²) < 4.78 is 33.1. The summed E-state index contributed by atoms with van der Waals surface area (Å²) in [6.07, 6.45) is 0. The van der Waals surface area contributed by atoms with Gasteiger partial charge in [0.2, 0.25) is 0 Å². The number of halogens is 2. The highest BCUT2D eigenvalue weighted by Crippen LogP contribution is 2.41. The van der Waals surface area contributed by atoms with Gasteiger partial charge in [-0.3, -0.25) is 0 Å². The zero-order valence-electron chi connectivity index (χ0n) is 11.3. The third-order valence-electron chi connectivity index (χ3n) is 3.69. The summed E-state index contributed by atoms with van der Waals surface area (Å²) in [5.41, 5.74) is 6.89. The van der Waals surface area contributed by atoms with Crippen molar-refractivity contribution in [2.45, 2.75) is 19.3 Å². The van der Waals surface area contributed by atoms with Gasteiger partial charge < -0.3 is 10.5 Å². The Morgan fingerprint density at radius 1 is 1.10 bits per heavy atom. The van der Waals surface area contributed by atoms with E-state index in [9.17, 15) is 8.78 Å². The SMILES string of the molecule is CC1(C)COc2ccc(-c3cc(F)c(N)cc3F)cc21. The van der Waals surface area contributed by atoms with Crippen molar-refractivity contribution >= 4 is 5.69 Å². The Morgan fingerprint density at radius 2 is 1.85 bits per heavy atom. The minimum absolute atomic E-state index is 0.131. The van der Waals surface area contributed by atoms with Crippen LogP contribution in [0, 0.1) is 11.6 Å². The zero-order valence-corrected chi connectivity index (χ0v) is 11.3. The van der Waals surface area contributed by atoms with Crippen molar-refractivity contribution in [3.8, 4) is 16.9 Å². The molecule has 4 heteroatoms. The van der Waals surface area contributed by atoms with E-state index < -0.39 is 11.6 Å². The smallest absolute Gasteiger partial charge is 0.146 e. The summed E-state index contributed by atoms with van der Waals surface area (Å²) >= 11 is 0. The molecule has 0 aromatic heterocycles. The molecule has 1 heterocycles. The monoisotopic (exact) mass is 275 g/mol. The first kappa shape index (κ1) is 12.9. The van der Waals surface area contributed by atoms with Gasteiger partial charge in [-0.2, -0.15) is 0 Å². The number of nitrogen functional groups attached to an aromatic ring is 1. The average Bonchev–Trinajstić information content (AvgIpc) is 2.70. The molecule has 0 radical (unpaired) electrons. The van der Waals surface area contributed by atoms with Gasteiger partial charge in [0, 0.05) is 22.6 Å². The van der Waals surface area contributed by atoms with Gasteiger partial charge in [0.1, 0.15) is 17.4 Å². The Bertz CT molecular complexity index is 695. The van der Waals surface area contributed by atoms with E-state index >= 15 is 0 Å². The molecule has 0 saturated carbocycles. The van der Waals surface area contributed by atoms with Crippen molar-refractivity contribution in [3.63, 3.8) is 0 Å². The van der Waals surface area contributed by atoms with Crippen LogP contribution in [-0.2, 0) is 5.41 Å². The summed E-state index contributed by atoms with van der Waals surface area (Å²) in [7, 11) is 0. The molecule has 1 aliphatic heterocycles. The highest BCUT2D eigenvalue weighted by atomic mass is 19.1. The second-order valence-electron chi connectivity index (χ2n) is 5.74. The van der Waals surface area contributed by atoms with E-state index in [0.29, 0.717) is 12.2 Å². The summed E-state index contributed by atoms with van der Waals surface area (Å²) in [6, 6.07) is 7.53. The number of rotatable bonds is 1. The van der Waals surface area contributed by atoms with Crippen LogP contribution in [0.5, 0.6) is 5.75 Å². The molecule has 104 valence electrons. The van der Waals surface area contributed by atoms with Crippen LogP contribution in [0.2, 0.25) is 0 Å². The first-order valence-electron chi connectivity index (χ1n) is 6.41. The Labute approximate surface area is 116 Å². The second-order valence-corrected chi connectivity index (χ2v) is 5.74. The van der Waals surface area contributed by atoms with E-state index in [1.54, 1.807) is 12.1 Å². The fraction of sp³-hybridized carbons (Fsp3) is 0.250. The molecule has 0 saturated heterocycles. The molecule has 2 nitrogen and oxygen atoms in total. The quantitative estimate of drug-likeness (QED) is 0.801. The van der Waals surface area contributed by atoms with Gasteiger partial charge in [0.25, 0.3) is 0 Å². The number of fused-ring (bicyclic) bond motifs is 1. The molecule has 2 aromatic rings. The molecule has 2 aromatic carbocycles. The van der Waals surface area contributed by atoms with Crippen LogP contribution < -0.4 is 10.5 Å². The molecular formula is C16H15F2NO. The predicted molar refractivity (Wildman–Crippen MR) is 74.7 cm³/mol. The summed E-state index contributed by atoms with van der Waals surface area (Å²) in [5, 5.41) is 0. The van der Waals surface area contributed by atoms with Crippen molar-refractivity contribution in [1.82, 2.24) is 0 Å². The van der Waals surface area contributed by atoms with Crippen molar-refractivity contribution in [1.29, 1.82) is 0 Å². The van der Waals surface area contributed by atoms with Crippen molar-refractivity contribution in [3.05, 3.63) is 47.5 Å². The van der Waals surface area contributed by atoms with E-state index in [1.165, 1.54) is 0 Å². The molecule has 0 fully saturated rings. The molecule has 0 aliphatic carbocycles. The first-order valence-corrected chi connectivity index (χ1v) is 6.41. The van der Waals surface area contributed by atoms with Gasteiger partial charge in [0.15, 0.2) is 0 Å². The maximum absolute atomic E-state index is 14.0. The van der Waals surface area contributed by atoms with Gasteiger partial charge in [0.05, 0.1) is 12.3 Å². The standard InChI is InChI=1S/C16H15F2NO/c1-16(2)8-20-15-4-3-9(5-11(15)16)10-6-13(18)14(19)7-12(10)17/h3-7H,8,19H2,1-2H3. The van der Waals surface area contributed by atoms with Crippen LogP contribution >= 0.6 is 0 Å². The van der Waals surface area contributed by atoms with E-state index in [-0.39, 0.29) is 16.7 Å². The third-order valence-corrected chi connectivity index (χ3v) is 3.69. The Balaban J connectivity index is 2.15. The number of hydrogen-bond donors (Lipinski definition) is 1. The van der Waals surface area contributed by atoms with Crippen LogP contribution in [0.4, 0.5) is 14.5 Å². The average molecular weight is 275 g/mol. The van der Waals surface area contributed by atoms with Gasteiger partial charge in [-0.15, -0.1) is 0 Å². The lowest BCUT2D eigenvalue weighted by Crippen LogP contribution is -2.18. The number of anilines is 1. The van der Waals surface area contributed by atoms with Crippen LogP contribution in [-0.4, -0.2) is 6.61 Å². The molecule has 2 N–H and O–H groups in total. The minimum Gasteiger partial charge on any atom is -0.492 e. The summed E-state index contributed by atoms with van der Waals surface area (Å²) in [4.78, 5) is 0. The van der Waals surface area contributed by atoms with Crippen LogP contribution in [0.3, 0.4) is 0 Å². The topological polar surface area (TPSA) is 35.2 Å². The number of hydrogen-bond acceptors (Lipinski definition) is 2. The van der Waals surface area contributed by atoms with Gasteiger partial charge in [-0.1, -0.05) is 19.9 Å². The molecule has 0 amide bonds. The zero-order chi connectivity index (χ0) is 14.5. The second kappa shape index (κ2) is 4.20. The van der Waals surface area contributed by atoms with Gasteiger partial charge >= 0.3 is 0 Å². The fourth-order valence-corrected chi connectivity index (χ4v) is 2.47. The third kappa shape index (κ3) is 1.92. The normalized spacial score (nSPS) is 15.8. The lowest BCUT2D eigenvalue weighted by molar-refractivity contribution is 0.291. The highest BCUT2D eigenvalue weighted by Gasteiger charge is 2.32. The van der Waals surface area contributed by atoms with Crippen molar-refractivity contribution < 1.29 is 13.5 Å². The maximum Gasteiger partial charge on any atom is 0.146 e. The maximum atomic E-state index is 14.0. The van der Waals surface area contributed by atoms with Gasteiger partial charge in [-0.05, 0) is 23.8 Å². The summed E-state index contributed by atoms with van der Waals surface area (Å²) in [6.45, 7) is 4.70. The molecule has 0 bridgehead atoms. The lowest BCUT2D eigenvalue weighted by atomic mass is 9.85. The predicted octanol–water partition coefficient (Wildman–Crippen LogP) is 3.88. The minimum atomic E-state index is -0.614. The van der Waals surface area contributed by atoms with Crippen LogP contribution in [0.1, 0.15) is 19.4 Å². The molecule has 0 atom stereocenters. The Kier molecular flexibility index (Phi) is 2.71. The first-order chi connectivity index (χ1) is 9.38. The van der Waals surface area contributed by atoms with E-state index in [0.717, 1.165) is 23.4 Å². The molecule has 1 aliphatic rings. The van der Waals surface area contributed by atoms with Crippen molar-refractivity contribution in [2.75, 3.05) is 12.3 Å². The molecular weight excluding hydrogens is 260 g/mol. The van der Waals surface area contributed by atoms with E-state index in [2.05, 4.69) is 13.8 Å². The lowest BCUT2D eigenvalue weighted by Gasteiger charge is -2.16. The fourth-order valence-electron chi connectivity index (χ4n) is 2.47. The molecule has 3 rings (SSSR count). The molecule has 20 heavy (non-hydrogen) atoms. The number of benzene rings is 2. The van der Waals surface area contributed by atoms with E-state index in [1.807, 2.05) is 6.07 Å². The van der Waals surface area contributed by atoms with Crippen molar-refractivity contribution in [2.24, 2.45) is 0 Å². The highest BCUT2D eigenvalue weighted by molar-refractivity contribution is 5.69. The largest absolute Gasteiger partial charge is 0.492 e. The summed E-state index contributed by atoms with van der Waals surface area (Å²) in [5.74, 6) is -0.340. The van der Waals surface area contributed by atoms with Gasteiger partial charge in [-0.25, -0.2) is 8.78 Å².